The van der Waals surface area contributed by atoms with E-state index in [9.17, 15) is 4.79 Å². The number of ether oxygens (including phenoxy) is 1. The number of aromatic carboxylic acids is 1. The molecule has 0 amide bonds. The molecule has 0 saturated heterocycles. The quantitative estimate of drug-likeness (QED) is 0.815. The SMILES string of the molecule is COc1c(C)c(C)cc2[nH]c(C(=O)O)cc12. The van der Waals surface area contributed by atoms with Crippen LogP contribution >= 0.6 is 0 Å². The van der Waals surface area contributed by atoms with Crippen LogP contribution in [-0.4, -0.2) is 23.2 Å². The molecule has 2 aromatic rings. The Morgan fingerprint density at radius 3 is 2.62 bits per heavy atom. The number of aromatic nitrogens is 1. The normalized spacial score (nSPS) is 10.7. The summed E-state index contributed by atoms with van der Waals surface area (Å²) in [7, 11) is 1.59. The van der Waals surface area contributed by atoms with Crippen LogP contribution in [0.2, 0.25) is 0 Å². The number of carboxylic acids is 1. The Labute approximate surface area is 92.9 Å². The Morgan fingerprint density at radius 1 is 1.38 bits per heavy atom. The van der Waals surface area contributed by atoms with E-state index >= 15 is 0 Å². The molecule has 0 aliphatic rings. The number of methoxy groups -OCH3 is 1. The fraction of sp³-hybridized carbons (Fsp3) is 0.250. The van der Waals surface area contributed by atoms with Gasteiger partial charge in [0, 0.05) is 5.39 Å². The molecule has 2 N–H and O–H groups in total. The molecular weight excluding hydrogens is 206 g/mol. The number of nitrogens with one attached hydrogen (secondary N) is 1. The zero-order chi connectivity index (χ0) is 11.9. The first-order valence-corrected chi connectivity index (χ1v) is 4.94. The molecule has 4 heteroatoms. The standard InChI is InChI=1S/C12H13NO3/c1-6-4-9-8(11(16-3)7(6)2)5-10(13-9)12(14)15/h4-5,13H,1-3H3,(H,14,15). The van der Waals surface area contributed by atoms with Crippen LogP contribution in [0.1, 0.15) is 21.6 Å². The predicted octanol–water partition coefficient (Wildman–Crippen LogP) is 2.49. The average molecular weight is 219 g/mol. The third kappa shape index (κ3) is 1.43. The molecule has 84 valence electrons. The summed E-state index contributed by atoms with van der Waals surface area (Å²) in [5, 5.41) is 9.72. The molecule has 0 fully saturated rings. The van der Waals surface area contributed by atoms with Gasteiger partial charge in [-0.1, -0.05) is 0 Å². The minimum atomic E-state index is -0.964. The molecule has 0 atom stereocenters. The number of aromatic amines is 1. The van der Waals surface area contributed by atoms with E-state index in [1.807, 2.05) is 19.9 Å². The lowest BCUT2D eigenvalue weighted by Gasteiger charge is -2.08. The lowest BCUT2D eigenvalue weighted by molar-refractivity contribution is 0.0691. The van der Waals surface area contributed by atoms with Crippen LogP contribution in [0.5, 0.6) is 5.75 Å². The van der Waals surface area contributed by atoms with Gasteiger partial charge in [0.2, 0.25) is 0 Å². The van der Waals surface area contributed by atoms with Crippen LogP contribution in [-0.2, 0) is 0 Å². The number of fused-ring (bicyclic) bond motifs is 1. The fourth-order valence-electron chi connectivity index (χ4n) is 1.86. The molecule has 0 bridgehead atoms. The first-order valence-electron chi connectivity index (χ1n) is 4.94. The van der Waals surface area contributed by atoms with Gasteiger partial charge in [-0.05, 0) is 37.1 Å². The molecule has 0 aliphatic heterocycles. The van der Waals surface area contributed by atoms with Gasteiger partial charge in [0.15, 0.2) is 0 Å². The molecule has 0 unspecified atom stereocenters. The van der Waals surface area contributed by atoms with Crippen LogP contribution in [0, 0.1) is 13.8 Å². The monoisotopic (exact) mass is 219 g/mol. The minimum absolute atomic E-state index is 0.179. The van der Waals surface area contributed by atoms with Gasteiger partial charge in [-0.15, -0.1) is 0 Å². The maximum absolute atomic E-state index is 10.9. The lowest BCUT2D eigenvalue weighted by Crippen LogP contribution is -1.94. The molecule has 2 rings (SSSR count). The van der Waals surface area contributed by atoms with E-state index in [0.29, 0.717) is 0 Å². The summed E-state index contributed by atoms with van der Waals surface area (Å²) < 4.78 is 5.32. The summed E-state index contributed by atoms with van der Waals surface area (Å²) in [5.74, 6) is -0.229. The Morgan fingerprint density at radius 2 is 2.06 bits per heavy atom. The van der Waals surface area contributed by atoms with E-state index in [1.165, 1.54) is 0 Å². The maximum atomic E-state index is 10.9. The van der Waals surface area contributed by atoms with Crippen LogP contribution < -0.4 is 4.74 Å². The van der Waals surface area contributed by atoms with Crippen molar-refractivity contribution >= 4 is 16.9 Å². The molecule has 1 aromatic heterocycles. The number of aryl methyl sites for hydroxylation is 1. The topological polar surface area (TPSA) is 62.3 Å². The van der Waals surface area contributed by atoms with Gasteiger partial charge in [0.05, 0.1) is 12.6 Å². The summed E-state index contributed by atoms with van der Waals surface area (Å²) in [6.07, 6.45) is 0. The van der Waals surface area contributed by atoms with Crippen LogP contribution in [0.4, 0.5) is 0 Å². The molecule has 0 aliphatic carbocycles. The molecule has 16 heavy (non-hydrogen) atoms. The number of H-pyrrole nitrogens is 1. The molecular formula is C12H13NO3. The fourth-order valence-corrected chi connectivity index (χ4v) is 1.86. The van der Waals surface area contributed by atoms with Gasteiger partial charge >= 0.3 is 5.97 Å². The number of hydrogen-bond acceptors (Lipinski definition) is 2. The molecule has 4 nitrogen and oxygen atoms in total. The Bertz CT molecular complexity index is 569. The zero-order valence-electron chi connectivity index (χ0n) is 9.42. The zero-order valence-corrected chi connectivity index (χ0v) is 9.42. The second-order valence-corrected chi connectivity index (χ2v) is 3.80. The van der Waals surface area contributed by atoms with E-state index in [2.05, 4.69) is 4.98 Å². The van der Waals surface area contributed by atoms with Crippen molar-refractivity contribution in [2.24, 2.45) is 0 Å². The summed E-state index contributed by atoms with van der Waals surface area (Å²) in [4.78, 5) is 13.7. The second kappa shape index (κ2) is 3.56. The lowest BCUT2D eigenvalue weighted by atomic mass is 10.1. The van der Waals surface area contributed by atoms with E-state index in [1.54, 1.807) is 13.2 Å². The summed E-state index contributed by atoms with van der Waals surface area (Å²) in [5.41, 5.74) is 3.07. The van der Waals surface area contributed by atoms with E-state index < -0.39 is 5.97 Å². The van der Waals surface area contributed by atoms with Crippen LogP contribution in [0.15, 0.2) is 12.1 Å². The van der Waals surface area contributed by atoms with Gasteiger partial charge in [0.25, 0.3) is 0 Å². The number of hydrogen-bond donors (Lipinski definition) is 2. The first kappa shape index (κ1) is 10.5. The van der Waals surface area contributed by atoms with E-state index in [-0.39, 0.29) is 5.69 Å². The molecule has 0 saturated carbocycles. The van der Waals surface area contributed by atoms with Crippen molar-refractivity contribution < 1.29 is 14.6 Å². The highest BCUT2D eigenvalue weighted by atomic mass is 16.5. The second-order valence-electron chi connectivity index (χ2n) is 3.80. The Kier molecular flexibility index (Phi) is 2.34. The molecule has 1 aromatic carbocycles. The van der Waals surface area contributed by atoms with Crippen molar-refractivity contribution in [2.75, 3.05) is 7.11 Å². The van der Waals surface area contributed by atoms with Gasteiger partial charge in [-0.2, -0.15) is 0 Å². The van der Waals surface area contributed by atoms with Crippen molar-refractivity contribution in [3.05, 3.63) is 29.0 Å². The van der Waals surface area contributed by atoms with E-state index in [4.69, 9.17) is 9.84 Å². The van der Waals surface area contributed by atoms with Crippen molar-refractivity contribution in [3.63, 3.8) is 0 Å². The maximum Gasteiger partial charge on any atom is 0.352 e. The number of carboxylic acid groups (broad SMARTS) is 1. The smallest absolute Gasteiger partial charge is 0.352 e. The summed E-state index contributed by atoms with van der Waals surface area (Å²) >= 11 is 0. The van der Waals surface area contributed by atoms with Crippen molar-refractivity contribution in [3.8, 4) is 5.75 Å². The average Bonchev–Trinajstić information content (AvgIpc) is 2.63. The highest BCUT2D eigenvalue weighted by Crippen LogP contribution is 2.32. The van der Waals surface area contributed by atoms with Crippen molar-refractivity contribution in [1.82, 2.24) is 4.98 Å². The number of carbonyl (C=O) groups is 1. The van der Waals surface area contributed by atoms with Crippen molar-refractivity contribution in [2.45, 2.75) is 13.8 Å². The van der Waals surface area contributed by atoms with Gasteiger partial charge in [0.1, 0.15) is 11.4 Å². The van der Waals surface area contributed by atoms with Crippen LogP contribution in [0.25, 0.3) is 10.9 Å². The van der Waals surface area contributed by atoms with Crippen molar-refractivity contribution in [1.29, 1.82) is 0 Å². The van der Waals surface area contributed by atoms with E-state index in [0.717, 1.165) is 27.8 Å². The number of rotatable bonds is 2. The Hall–Kier alpha value is -1.97. The van der Waals surface area contributed by atoms with Crippen LogP contribution in [0.3, 0.4) is 0 Å². The highest BCUT2D eigenvalue weighted by molar-refractivity contribution is 5.97. The molecule has 1 heterocycles. The van der Waals surface area contributed by atoms with Gasteiger partial charge in [-0.3, -0.25) is 0 Å². The minimum Gasteiger partial charge on any atom is -0.496 e. The Balaban J connectivity index is 2.81. The van der Waals surface area contributed by atoms with Gasteiger partial charge in [-0.25, -0.2) is 4.79 Å². The summed E-state index contributed by atoms with van der Waals surface area (Å²) in [6, 6.07) is 3.53. The third-order valence-electron chi connectivity index (χ3n) is 2.82. The molecule has 0 spiro atoms. The largest absolute Gasteiger partial charge is 0.496 e. The first-order chi connectivity index (χ1) is 7.54. The number of benzene rings is 1. The third-order valence-corrected chi connectivity index (χ3v) is 2.82. The predicted molar refractivity (Wildman–Crippen MR) is 61.3 cm³/mol. The summed E-state index contributed by atoms with van der Waals surface area (Å²) in [6.45, 7) is 3.93. The van der Waals surface area contributed by atoms with Gasteiger partial charge < -0.3 is 14.8 Å². The molecule has 0 radical (unpaired) electrons. The highest BCUT2D eigenvalue weighted by Gasteiger charge is 2.13.